The van der Waals surface area contributed by atoms with Crippen LogP contribution in [0.2, 0.25) is 0 Å². The van der Waals surface area contributed by atoms with Crippen LogP contribution in [-0.4, -0.2) is 8.42 Å². The minimum Gasteiger partial charge on any atom is -0.256 e. The van der Waals surface area contributed by atoms with Gasteiger partial charge >= 0.3 is 0 Å². The van der Waals surface area contributed by atoms with E-state index in [9.17, 15) is 17.2 Å². The number of rotatable bonds is 6. The number of benzene rings is 3. The SMILES string of the molecule is Cc1c(N(Cc2ccc(F)c(F)c2)S(=O)(=O)Cc2ccccc2)sc2ccccc12. The van der Waals surface area contributed by atoms with Gasteiger partial charge in [0, 0.05) is 4.70 Å². The number of nitrogens with zero attached hydrogens (tertiary/aromatic N) is 1. The summed E-state index contributed by atoms with van der Waals surface area (Å²) in [5.41, 5.74) is 1.88. The number of fused-ring (bicyclic) bond motifs is 1. The third kappa shape index (κ3) is 4.08. The molecule has 4 aromatic rings. The summed E-state index contributed by atoms with van der Waals surface area (Å²) in [4.78, 5) is 0. The highest BCUT2D eigenvalue weighted by atomic mass is 32.2. The molecule has 0 aliphatic carbocycles. The highest BCUT2D eigenvalue weighted by Gasteiger charge is 2.27. The maximum Gasteiger partial charge on any atom is 0.240 e. The second-order valence-corrected chi connectivity index (χ2v) is 9.95. The zero-order chi connectivity index (χ0) is 21.3. The van der Waals surface area contributed by atoms with Crippen molar-refractivity contribution in [3.8, 4) is 0 Å². The number of thiophene rings is 1. The Hall–Kier alpha value is -2.77. The third-order valence-electron chi connectivity index (χ3n) is 4.88. The zero-order valence-corrected chi connectivity index (χ0v) is 17.8. The number of hydrogen-bond acceptors (Lipinski definition) is 3. The van der Waals surface area contributed by atoms with Crippen molar-refractivity contribution in [1.82, 2.24) is 0 Å². The first-order valence-corrected chi connectivity index (χ1v) is 11.7. The summed E-state index contributed by atoms with van der Waals surface area (Å²) in [6.45, 7) is 1.80. The van der Waals surface area contributed by atoms with E-state index in [2.05, 4.69) is 0 Å². The van der Waals surface area contributed by atoms with Crippen LogP contribution in [0.15, 0.2) is 72.8 Å². The Balaban J connectivity index is 1.81. The predicted octanol–water partition coefficient (Wildman–Crippen LogP) is 6.02. The summed E-state index contributed by atoms with van der Waals surface area (Å²) in [5.74, 6) is -2.15. The van der Waals surface area contributed by atoms with Crippen LogP contribution in [0.1, 0.15) is 16.7 Å². The van der Waals surface area contributed by atoms with Gasteiger partial charge in [-0.3, -0.25) is 4.31 Å². The lowest BCUT2D eigenvalue weighted by Crippen LogP contribution is -2.31. The number of hydrogen-bond donors (Lipinski definition) is 0. The van der Waals surface area contributed by atoms with Gasteiger partial charge in [0.05, 0.1) is 12.3 Å². The maximum atomic E-state index is 13.8. The molecule has 0 saturated carbocycles. The predicted molar refractivity (Wildman–Crippen MR) is 118 cm³/mol. The average Bonchev–Trinajstić information content (AvgIpc) is 3.05. The number of sulfonamides is 1. The van der Waals surface area contributed by atoms with Crippen LogP contribution in [0.5, 0.6) is 0 Å². The topological polar surface area (TPSA) is 37.4 Å². The van der Waals surface area contributed by atoms with Crippen molar-refractivity contribution in [2.24, 2.45) is 0 Å². The summed E-state index contributed by atoms with van der Waals surface area (Å²) >= 11 is 1.37. The molecule has 1 aromatic heterocycles. The minimum absolute atomic E-state index is 0.0833. The van der Waals surface area contributed by atoms with E-state index in [0.29, 0.717) is 16.1 Å². The van der Waals surface area contributed by atoms with E-state index in [0.717, 1.165) is 27.8 Å². The lowest BCUT2D eigenvalue weighted by Gasteiger charge is -2.24. The molecule has 0 bridgehead atoms. The van der Waals surface area contributed by atoms with Gasteiger partial charge in [-0.05, 0) is 47.2 Å². The number of anilines is 1. The smallest absolute Gasteiger partial charge is 0.240 e. The summed E-state index contributed by atoms with van der Waals surface area (Å²) in [6.07, 6.45) is 0. The van der Waals surface area contributed by atoms with Crippen molar-refractivity contribution in [2.45, 2.75) is 19.2 Å². The second kappa shape index (κ2) is 8.16. The van der Waals surface area contributed by atoms with Crippen LogP contribution in [0.25, 0.3) is 10.1 Å². The summed E-state index contributed by atoms with van der Waals surface area (Å²) in [7, 11) is -3.79. The molecule has 0 amide bonds. The summed E-state index contributed by atoms with van der Waals surface area (Å²) in [5, 5.41) is 1.56. The van der Waals surface area contributed by atoms with Crippen molar-refractivity contribution in [2.75, 3.05) is 4.31 Å². The molecule has 0 saturated heterocycles. The summed E-state index contributed by atoms with van der Waals surface area (Å²) in [6, 6.07) is 20.1. The summed E-state index contributed by atoms with van der Waals surface area (Å²) < 4.78 is 56.3. The largest absolute Gasteiger partial charge is 0.256 e. The molecule has 0 radical (unpaired) electrons. The van der Waals surface area contributed by atoms with E-state index < -0.39 is 21.7 Å². The Bertz CT molecular complexity index is 1300. The fraction of sp³-hybridized carbons (Fsp3) is 0.130. The van der Waals surface area contributed by atoms with Crippen molar-refractivity contribution in [3.63, 3.8) is 0 Å². The van der Waals surface area contributed by atoms with Crippen LogP contribution in [0.3, 0.4) is 0 Å². The molecule has 3 nitrogen and oxygen atoms in total. The fourth-order valence-electron chi connectivity index (χ4n) is 3.36. The zero-order valence-electron chi connectivity index (χ0n) is 16.2. The first-order chi connectivity index (χ1) is 14.3. The number of halogens is 2. The van der Waals surface area contributed by atoms with Gasteiger partial charge in [-0.15, -0.1) is 11.3 Å². The highest BCUT2D eigenvalue weighted by Crippen LogP contribution is 2.40. The fourth-order valence-corrected chi connectivity index (χ4v) is 6.44. The van der Waals surface area contributed by atoms with Gasteiger partial charge in [-0.2, -0.15) is 0 Å². The van der Waals surface area contributed by atoms with E-state index in [4.69, 9.17) is 0 Å². The van der Waals surface area contributed by atoms with Crippen LogP contribution in [0, 0.1) is 18.6 Å². The number of aryl methyl sites for hydroxylation is 1. The molecule has 0 N–H and O–H groups in total. The standard InChI is InChI=1S/C23H19F2NO2S2/c1-16-19-9-5-6-10-22(19)29-23(16)26(14-18-11-12-20(24)21(25)13-18)30(27,28)15-17-7-3-2-4-8-17/h2-13H,14-15H2,1H3. The Labute approximate surface area is 178 Å². The first-order valence-electron chi connectivity index (χ1n) is 9.31. The Morgan fingerprint density at radius 2 is 1.57 bits per heavy atom. The average molecular weight is 444 g/mol. The lowest BCUT2D eigenvalue weighted by molar-refractivity contribution is 0.507. The van der Waals surface area contributed by atoms with Crippen LogP contribution in [-0.2, 0) is 22.3 Å². The Morgan fingerprint density at radius 3 is 2.27 bits per heavy atom. The Kier molecular flexibility index (Phi) is 5.58. The third-order valence-corrected chi connectivity index (χ3v) is 7.98. The normalized spacial score (nSPS) is 11.7. The van der Waals surface area contributed by atoms with E-state index in [1.807, 2.05) is 37.3 Å². The molecule has 30 heavy (non-hydrogen) atoms. The molecule has 3 aromatic carbocycles. The van der Waals surface area contributed by atoms with Gasteiger partial charge in [0.25, 0.3) is 0 Å². The Morgan fingerprint density at radius 1 is 0.867 bits per heavy atom. The van der Waals surface area contributed by atoms with Crippen molar-refractivity contribution < 1.29 is 17.2 Å². The van der Waals surface area contributed by atoms with Crippen molar-refractivity contribution in [3.05, 3.63) is 101 Å². The first kappa shape index (κ1) is 20.5. The van der Waals surface area contributed by atoms with Gasteiger partial charge < -0.3 is 0 Å². The molecule has 7 heteroatoms. The molecule has 0 atom stereocenters. The van der Waals surface area contributed by atoms with Gasteiger partial charge in [-0.25, -0.2) is 17.2 Å². The van der Waals surface area contributed by atoms with E-state index >= 15 is 0 Å². The molecule has 4 rings (SSSR count). The van der Waals surface area contributed by atoms with Crippen molar-refractivity contribution >= 4 is 36.4 Å². The second-order valence-electron chi connectivity index (χ2n) is 7.03. The van der Waals surface area contributed by atoms with Gasteiger partial charge in [-0.1, -0.05) is 54.6 Å². The molecule has 154 valence electrons. The monoisotopic (exact) mass is 443 g/mol. The van der Waals surface area contributed by atoms with E-state index in [1.165, 1.54) is 21.7 Å². The molecule has 1 heterocycles. The van der Waals surface area contributed by atoms with Crippen molar-refractivity contribution in [1.29, 1.82) is 0 Å². The maximum absolute atomic E-state index is 13.8. The van der Waals surface area contributed by atoms with Gasteiger partial charge in [0.15, 0.2) is 11.6 Å². The van der Waals surface area contributed by atoms with Crippen LogP contribution >= 0.6 is 11.3 Å². The highest BCUT2D eigenvalue weighted by molar-refractivity contribution is 7.92. The molecule has 0 aliphatic rings. The van der Waals surface area contributed by atoms with E-state index in [1.54, 1.807) is 24.3 Å². The van der Waals surface area contributed by atoms with Crippen LogP contribution < -0.4 is 4.31 Å². The molecular weight excluding hydrogens is 424 g/mol. The minimum atomic E-state index is -3.79. The van der Waals surface area contributed by atoms with Crippen LogP contribution in [0.4, 0.5) is 13.8 Å². The molecule has 0 unspecified atom stereocenters. The quantitative estimate of drug-likeness (QED) is 0.365. The molecule has 0 aliphatic heterocycles. The molecule has 0 spiro atoms. The molecular formula is C23H19F2NO2S2. The van der Waals surface area contributed by atoms with E-state index in [-0.39, 0.29) is 12.3 Å². The molecule has 0 fully saturated rings. The van der Waals surface area contributed by atoms with Gasteiger partial charge in [0.1, 0.15) is 5.00 Å². The lowest BCUT2D eigenvalue weighted by atomic mass is 10.2. The van der Waals surface area contributed by atoms with Gasteiger partial charge in [0.2, 0.25) is 10.0 Å².